The van der Waals surface area contributed by atoms with Crippen LogP contribution < -0.4 is 0 Å². The molecule has 0 radical (unpaired) electrons. The van der Waals surface area contributed by atoms with Crippen LogP contribution in [-0.2, 0) is 4.79 Å². The van der Waals surface area contributed by atoms with Crippen molar-refractivity contribution in [3.63, 3.8) is 0 Å². The van der Waals surface area contributed by atoms with Crippen LogP contribution in [0.1, 0.15) is 69.7 Å². The smallest absolute Gasteiger partial charge is 0.330 e. The Bertz CT molecular complexity index is 1240. The summed E-state index contributed by atoms with van der Waals surface area (Å²) in [6.07, 6.45) is 5.21. The van der Waals surface area contributed by atoms with Gasteiger partial charge < -0.3 is 10.2 Å². The van der Waals surface area contributed by atoms with Crippen LogP contribution in [0.4, 0.5) is 0 Å². The summed E-state index contributed by atoms with van der Waals surface area (Å²) in [5.74, 6) is -0.305. The van der Waals surface area contributed by atoms with E-state index < -0.39 is 12.0 Å². The summed E-state index contributed by atoms with van der Waals surface area (Å²) in [6.45, 7) is 13.1. The molecule has 39 heavy (non-hydrogen) atoms. The number of carboxylic acids is 1. The first kappa shape index (κ1) is 28.4. The van der Waals surface area contributed by atoms with Gasteiger partial charge in [-0.3, -0.25) is 9.80 Å². The summed E-state index contributed by atoms with van der Waals surface area (Å²) >= 11 is 0. The van der Waals surface area contributed by atoms with Crippen LogP contribution in [0.15, 0.2) is 61.2 Å². The van der Waals surface area contributed by atoms with E-state index in [1.807, 2.05) is 30.3 Å². The highest BCUT2D eigenvalue weighted by atomic mass is 16.4. The molecule has 0 spiro atoms. The fraction of sp³-hybridized carbons (Fsp3) is 0.467. The molecule has 3 aromatic rings. The Morgan fingerprint density at radius 1 is 1.10 bits per heavy atom. The number of aliphatic carboxylic acids is 1. The molecule has 1 aliphatic rings. The molecule has 1 aliphatic heterocycles. The zero-order valence-corrected chi connectivity index (χ0v) is 23.1. The molecule has 208 valence electrons. The minimum absolute atomic E-state index is 0.0481. The topological polar surface area (TPSA) is 108 Å². The Balaban J connectivity index is 1.61. The normalized spacial score (nSPS) is 20.0. The number of piperazine rings is 1. The first-order chi connectivity index (χ1) is 18.8. The third-order valence-corrected chi connectivity index (χ3v) is 7.60. The van der Waals surface area contributed by atoms with Crippen molar-refractivity contribution in [2.24, 2.45) is 0 Å². The highest BCUT2D eigenvalue weighted by molar-refractivity contribution is 5.71. The minimum atomic E-state index is -0.948. The number of nitrogens with zero attached hydrogens (tertiary/aromatic N) is 6. The van der Waals surface area contributed by atoms with Gasteiger partial charge in [-0.25, -0.2) is 4.79 Å². The molecule has 0 saturated carbocycles. The van der Waals surface area contributed by atoms with E-state index in [1.54, 1.807) is 6.07 Å². The molecule has 2 aromatic carbocycles. The van der Waals surface area contributed by atoms with Crippen molar-refractivity contribution in [1.29, 1.82) is 0 Å². The van der Waals surface area contributed by atoms with Gasteiger partial charge in [0.25, 0.3) is 0 Å². The van der Waals surface area contributed by atoms with Gasteiger partial charge in [0.05, 0.1) is 6.04 Å². The van der Waals surface area contributed by atoms with Gasteiger partial charge in [-0.05, 0) is 48.7 Å². The quantitative estimate of drug-likeness (QED) is 0.250. The summed E-state index contributed by atoms with van der Waals surface area (Å²) in [5, 5.41) is 32.6. The van der Waals surface area contributed by atoms with Crippen LogP contribution in [0.25, 0.3) is 11.4 Å². The molecule has 9 heteroatoms. The number of hydrogen-bond acceptors (Lipinski definition) is 7. The van der Waals surface area contributed by atoms with Crippen LogP contribution in [0.2, 0.25) is 0 Å². The lowest BCUT2D eigenvalue weighted by Crippen LogP contribution is -2.57. The van der Waals surface area contributed by atoms with Crippen molar-refractivity contribution in [3.8, 4) is 17.1 Å². The van der Waals surface area contributed by atoms with Gasteiger partial charge in [-0.1, -0.05) is 68.7 Å². The van der Waals surface area contributed by atoms with Crippen molar-refractivity contribution >= 4 is 5.97 Å². The summed E-state index contributed by atoms with van der Waals surface area (Å²) in [6, 6.07) is 15.3. The van der Waals surface area contributed by atoms with E-state index in [0.717, 1.165) is 55.6 Å². The Morgan fingerprint density at radius 2 is 1.87 bits per heavy atom. The molecule has 1 saturated heterocycles. The molecule has 1 aromatic heterocycles. The number of benzene rings is 2. The molecule has 0 amide bonds. The van der Waals surface area contributed by atoms with Gasteiger partial charge in [0.2, 0.25) is 5.82 Å². The number of carbonyl (C=O) groups is 1. The van der Waals surface area contributed by atoms with E-state index in [4.69, 9.17) is 0 Å². The fourth-order valence-electron chi connectivity index (χ4n) is 5.49. The number of aromatic hydroxyl groups is 1. The lowest BCUT2D eigenvalue weighted by molar-refractivity contribution is -0.141. The molecular formula is C30H40N6O3. The molecule has 1 fully saturated rings. The summed E-state index contributed by atoms with van der Waals surface area (Å²) in [7, 11) is 0. The van der Waals surface area contributed by atoms with E-state index in [2.05, 4.69) is 70.8 Å². The lowest BCUT2D eigenvalue weighted by atomic mass is 9.92. The first-order valence-electron chi connectivity index (χ1n) is 13.8. The number of rotatable bonds is 12. The number of carboxylic acid groups (broad SMARTS) is 1. The van der Waals surface area contributed by atoms with E-state index >= 15 is 0 Å². The van der Waals surface area contributed by atoms with Crippen molar-refractivity contribution in [2.45, 2.75) is 70.6 Å². The zero-order chi connectivity index (χ0) is 27.9. The van der Waals surface area contributed by atoms with Crippen LogP contribution in [0.5, 0.6) is 5.75 Å². The summed E-state index contributed by atoms with van der Waals surface area (Å²) in [5.41, 5.74) is 2.89. The van der Waals surface area contributed by atoms with Crippen LogP contribution in [-0.4, -0.2) is 77.9 Å². The molecule has 0 aliphatic carbocycles. The molecular weight excluding hydrogens is 492 g/mol. The van der Waals surface area contributed by atoms with Gasteiger partial charge in [0.1, 0.15) is 5.75 Å². The Hall–Kier alpha value is -3.56. The van der Waals surface area contributed by atoms with Gasteiger partial charge in [-0.15, -0.1) is 21.6 Å². The Labute approximate surface area is 230 Å². The maximum absolute atomic E-state index is 11.8. The zero-order valence-electron chi connectivity index (χ0n) is 23.1. The van der Waals surface area contributed by atoms with Crippen LogP contribution in [0, 0.1) is 0 Å². The molecule has 0 bridgehead atoms. The van der Waals surface area contributed by atoms with Crippen molar-refractivity contribution in [2.75, 3.05) is 19.6 Å². The third-order valence-electron chi connectivity index (χ3n) is 7.60. The molecule has 4 atom stereocenters. The highest BCUT2D eigenvalue weighted by Gasteiger charge is 2.34. The fourth-order valence-corrected chi connectivity index (χ4v) is 5.49. The van der Waals surface area contributed by atoms with Gasteiger partial charge in [-0.2, -0.15) is 0 Å². The van der Waals surface area contributed by atoms with E-state index in [-0.39, 0.29) is 17.8 Å². The Morgan fingerprint density at radius 3 is 2.54 bits per heavy atom. The predicted octanol–water partition coefficient (Wildman–Crippen LogP) is 4.92. The predicted molar refractivity (Wildman–Crippen MR) is 151 cm³/mol. The molecule has 9 nitrogen and oxygen atoms in total. The number of aromatic nitrogens is 4. The second kappa shape index (κ2) is 13.0. The summed E-state index contributed by atoms with van der Waals surface area (Å²) in [4.78, 5) is 18.0. The average molecular weight is 533 g/mol. The van der Waals surface area contributed by atoms with E-state index in [9.17, 15) is 15.0 Å². The largest absolute Gasteiger partial charge is 0.508 e. The lowest BCUT2D eigenvalue weighted by Gasteiger charge is -2.47. The van der Waals surface area contributed by atoms with Crippen molar-refractivity contribution in [1.82, 2.24) is 30.0 Å². The number of hydrogen-bond donors (Lipinski definition) is 2. The minimum Gasteiger partial charge on any atom is -0.508 e. The first-order valence-corrected chi connectivity index (χ1v) is 13.8. The third kappa shape index (κ3) is 6.72. The SMILES string of the molecule is C=CCN1C[C@H](C)N([C@H](c2ccc(-c3nnn(C(CCCCC)C(=O)O)n3)cc2)c2cccc(O)c2)C[C@H]1C. The van der Waals surface area contributed by atoms with Crippen molar-refractivity contribution < 1.29 is 15.0 Å². The van der Waals surface area contributed by atoms with E-state index in [1.165, 1.54) is 4.80 Å². The van der Waals surface area contributed by atoms with Gasteiger partial charge >= 0.3 is 5.97 Å². The average Bonchev–Trinajstić information content (AvgIpc) is 3.40. The standard InChI is InChI=1S/C30H40N6O3/c1-5-7-8-12-27(30(38)39)36-32-29(31-33-36)24-15-13-23(14-16-24)28(25-10-9-11-26(37)18-25)35-20-21(3)34(17-6-2)19-22(35)4/h6,9-11,13-16,18,21-22,27-28,37H,2,5,7-8,12,17,19-20H2,1,3-4H3,(H,38,39)/t21-,22+,27?,28-/m1/s1. The maximum Gasteiger partial charge on any atom is 0.330 e. The number of phenols is 1. The molecule has 4 rings (SSSR count). The highest BCUT2D eigenvalue weighted by Crippen LogP contribution is 2.35. The monoisotopic (exact) mass is 532 g/mol. The van der Waals surface area contributed by atoms with Crippen LogP contribution in [0.3, 0.4) is 0 Å². The second-order valence-corrected chi connectivity index (χ2v) is 10.5. The number of tetrazole rings is 1. The molecule has 2 N–H and O–H groups in total. The molecule has 2 heterocycles. The number of phenolic OH excluding ortho intramolecular Hbond substituents is 1. The van der Waals surface area contributed by atoms with Gasteiger partial charge in [0.15, 0.2) is 6.04 Å². The van der Waals surface area contributed by atoms with Crippen molar-refractivity contribution in [3.05, 3.63) is 72.3 Å². The van der Waals surface area contributed by atoms with Gasteiger partial charge in [0, 0.05) is 37.3 Å². The second-order valence-electron chi connectivity index (χ2n) is 10.5. The maximum atomic E-state index is 11.8. The Kier molecular flexibility index (Phi) is 9.48. The molecule has 1 unspecified atom stereocenters. The van der Waals surface area contributed by atoms with E-state index in [0.29, 0.717) is 18.3 Å². The van der Waals surface area contributed by atoms with Crippen LogP contribution >= 0.6 is 0 Å². The summed E-state index contributed by atoms with van der Waals surface area (Å²) < 4.78 is 0. The number of unbranched alkanes of at least 4 members (excludes halogenated alkanes) is 2.